The largest absolute Gasteiger partial charge is 0.437 e. The predicted octanol–water partition coefficient (Wildman–Crippen LogP) is 6.83. The molecule has 2 N–H and O–H groups in total. The minimum absolute atomic E-state index is 0.140. The summed E-state index contributed by atoms with van der Waals surface area (Å²) in [7, 11) is -21.8. The van der Waals surface area contributed by atoms with E-state index in [4.69, 9.17) is 42.8 Å². The molecular weight excluding hydrogens is 729 g/mol. The van der Waals surface area contributed by atoms with Crippen LogP contribution in [0.1, 0.15) is 6.42 Å². The molecule has 11 nitrogen and oxygen atoms in total. The van der Waals surface area contributed by atoms with E-state index in [1.54, 1.807) is 0 Å². The van der Waals surface area contributed by atoms with Gasteiger partial charge >= 0.3 is 59.9 Å². The highest BCUT2D eigenvalue weighted by atomic mass is 28.5. The van der Waals surface area contributed by atoms with Crippen LogP contribution in [0.2, 0.25) is 130 Å². The zero-order chi connectivity index (χ0) is 36.0. The normalized spacial score (nSPS) is 15.9. The molecule has 0 saturated heterocycles. The van der Waals surface area contributed by atoms with Crippen LogP contribution in [-0.4, -0.2) is 113 Å². The Morgan fingerprint density at radius 1 is 0.444 bits per heavy atom. The molecular formula is C25H70O11Si9. The molecule has 0 aliphatic carbocycles. The Morgan fingerprint density at radius 3 is 1.02 bits per heavy atom. The fourth-order valence-corrected chi connectivity index (χ4v) is 50.9. The lowest BCUT2D eigenvalue weighted by atomic mass is 10.4. The number of aliphatic hydroxyl groups is 2. The Balaban J connectivity index is 5.25. The van der Waals surface area contributed by atoms with E-state index < -0.39 is 82.7 Å². The van der Waals surface area contributed by atoms with Gasteiger partial charge in [0.2, 0.25) is 0 Å². The van der Waals surface area contributed by atoms with Crippen molar-refractivity contribution >= 4 is 76.6 Å². The van der Waals surface area contributed by atoms with Crippen LogP contribution in [0.4, 0.5) is 0 Å². The van der Waals surface area contributed by atoms with Crippen molar-refractivity contribution in [3.05, 3.63) is 0 Å². The summed E-state index contributed by atoms with van der Waals surface area (Å²) in [5.74, 6) is 0. The summed E-state index contributed by atoms with van der Waals surface area (Å²) in [5.41, 5.74) is 0. The molecule has 0 aromatic carbocycles. The lowest BCUT2D eigenvalue weighted by molar-refractivity contribution is 0.00638. The average molecular weight is 800 g/mol. The average Bonchev–Trinajstić information content (AvgIpc) is 2.64. The Morgan fingerprint density at radius 2 is 0.733 bits per heavy atom. The highest BCUT2D eigenvalue weighted by Gasteiger charge is 2.49. The van der Waals surface area contributed by atoms with Crippen molar-refractivity contribution in [3.8, 4) is 0 Å². The molecule has 1 atom stereocenters. The van der Waals surface area contributed by atoms with Gasteiger partial charge in [0, 0.05) is 6.61 Å². The Kier molecular flexibility index (Phi) is 17.7. The fourth-order valence-electron chi connectivity index (χ4n) is 6.02. The lowest BCUT2D eigenvalue weighted by Gasteiger charge is -2.44. The molecule has 0 fully saturated rings. The third-order valence-electron chi connectivity index (χ3n) is 5.61. The Hall–Kier alpha value is 1.51. The number of hydrogen-bond acceptors (Lipinski definition) is 11. The van der Waals surface area contributed by atoms with Gasteiger partial charge in [0.05, 0.1) is 13.2 Å². The fraction of sp³-hybridized carbons (Fsp3) is 1.00. The van der Waals surface area contributed by atoms with E-state index in [9.17, 15) is 5.11 Å². The monoisotopic (exact) mass is 798 g/mol. The number of aliphatic hydroxyl groups excluding tert-OH is 2. The van der Waals surface area contributed by atoms with Crippen molar-refractivity contribution in [1.29, 1.82) is 0 Å². The molecule has 45 heavy (non-hydrogen) atoms. The van der Waals surface area contributed by atoms with Gasteiger partial charge in [0.25, 0.3) is 0 Å². The van der Waals surface area contributed by atoms with Crippen LogP contribution in [0, 0.1) is 0 Å². The van der Waals surface area contributed by atoms with Gasteiger partial charge in [-0.2, -0.15) is 0 Å². The second-order valence-corrected chi connectivity index (χ2v) is 50.9. The van der Waals surface area contributed by atoms with Crippen LogP contribution in [0.3, 0.4) is 0 Å². The summed E-state index contributed by atoms with van der Waals surface area (Å²) in [4.78, 5) is 0. The van der Waals surface area contributed by atoms with Gasteiger partial charge in [-0.15, -0.1) is 0 Å². The molecule has 0 heterocycles. The maximum Gasteiger partial charge on any atom is 0.314 e. The van der Waals surface area contributed by atoms with Crippen molar-refractivity contribution in [1.82, 2.24) is 0 Å². The van der Waals surface area contributed by atoms with E-state index in [1.807, 2.05) is 0 Å². The van der Waals surface area contributed by atoms with E-state index in [0.717, 1.165) is 12.5 Å². The molecule has 0 aromatic rings. The first-order chi connectivity index (χ1) is 19.6. The van der Waals surface area contributed by atoms with Crippen LogP contribution in [0.25, 0.3) is 0 Å². The Bertz CT molecular complexity index is 896. The second-order valence-electron chi connectivity index (χ2n) is 16.5. The molecule has 272 valence electrons. The highest BCUT2D eigenvalue weighted by Crippen LogP contribution is 2.30. The minimum Gasteiger partial charge on any atom is -0.437 e. The van der Waals surface area contributed by atoms with Gasteiger partial charge in [0.15, 0.2) is 16.6 Å². The first-order valence-electron chi connectivity index (χ1n) is 16.1. The van der Waals surface area contributed by atoms with E-state index in [-0.39, 0.29) is 13.2 Å². The van der Waals surface area contributed by atoms with Crippen molar-refractivity contribution in [3.63, 3.8) is 0 Å². The summed E-state index contributed by atoms with van der Waals surface area (Å²) < 4.78 is 58.7. The van der Waals surface area contributed by atoms with E-state index in [1.165, 1.54) is 0 Å². The Labute approximate surface area is 286 Å². The molecule has 0 spiro atoms. The first-order valence-corrected chi connectivity index (χ1v) is 42.3. The minimum atomic E-state index is -2.66. The standard InChI is InChI=1S/C25H70O11Si9/c1-37(2,3)29-39(6,7)31-41(10,11)33-43(14,15)35-45(18,19)36-44(16,17)34-42(12,13)32-40(8,9)30-38(4,5)22-20-21-28-24-25(27)23-26/h25-27H,20-24H2,1-19H3. The van der Waals surface area contributed by atoms with Crippen LogP contribution in [0.15, 0.2) is 0 Å². The third kappa shape index (κ3) is 23.5. The first kappa shape index (κ1) is 46.5. The summed E-state index contributed by atoms with van der Waals surface area (Å²) in [6.45, 7) is 40.3. The van der Waals surface area contributed by atoms with Crippen molar-refractivity contribution in [2.75, 3.05) is 19.8 Å². The molecule has 0 radical (unpaired) electrons. The topological polar surface area (TPSA) is 124 Å². The zero-order valence-electron chi connectivity index (χ0n) is 32.2. The highest BCUT2D eigenvalue weighted by molar-refractivity contribution is 6.92. The summed E-state index contributed by atoms with van der Waals surface area (Å²) in [6.07, 6.45) is -0.00679. The van der Waals surface area contributed by atoms with Crippen LogP contribution in [0.5, 0.6) is 0 Å². The summed E-state index contributed by atoms with van der Waals surface area (Å²) in [6, 6.07) is 0.906. The summed E-state index contributed by atoms with van der Waals surface area (Å²) >= 11 is 0. The zero-order valence-corrected chi connectivity index (χ0v) is 41.2. The van der Waals surface area contributed by atoms with Crippen LogP contribution < -0.4 is 0 Å². The van der Waals surface area contributed by atoms with E-state index in [0.29, 0.717) is 6.61 Å². The number of ether oxygens (including phenoxy) is 1. The van der Waals surface area contributed by atoms with Crippen LogP contribution >= 0.6 is 0 Å². The maximum atomic E-state index is 9.44. The molecule has 20 heteroatoms. The van der Waals surface area contributed by atoms with Crippen molar-refractivity contribution in [2.24, 2.45) is 0 Å². The lowest BCUT2D eigenvalue weighted by Crippen LogP contribution is -2.62. The van der Waals surface area contributed by atoms with Gasteiger partial charge in [0.1, 0.15) is 6.10 Å². The summed E-state index contributed by atoms with van der Waals surface area (Å²) in [5, 5.41) is 18.4. The second kappa shape index (κ2) is 17.1. The molecule has 0 rings (SSSR count). The smallest absolute Gasteiger partial charge is 0.314 e. The van der Waals surface area contributed by atoms with E-state index >= 15 is 0 Å². The number of rotatable bonds is 23. The quantitative estimate of drug-likeness (QED) is 0.0836. The molecule has 0 aromatic heterocycles. The van der Waals surface area contributed by atoms with Crippen molar-refractivity contribution < 1.29 is 47.9 Å². The molecule has 1 unspecified atom stereocenters. The van der Waals surface area contributed by atoms with Gasteiger partial charge in [-0.05, 0) is 137 Å². The number of hydrogen-bond donors (Lipinski definition) is 2. The van der Waals surface area contributed by atoms with Gasteiger partial charge in [-0.25, -0.2) is 0 Å². The van der Waals surface area contributed by atoms with Crippen molar-refractivity contribution in [2.45, 2.75) is 143 Å². The molecule has 0 amide bonds. The molecule has 0 aliphatic heterocycles. The van der Waals surface area contributed by atoms with E-state index in [2.05, 4.69) is 124 Å². The molecule has 0 saturated carbocycles. The van der Waals surface area contributed by atoms with Gasteiger partial charge < -0.3 is 47.9 Å². The molecule has 0 aliphatic rings. The maximum absolute atomic E-state index is 9.44. The van der Waals surface area contributed by atoms with Gasteiger partial charge in [-0.3, -0.25) is 0 Å². The third-order valence-corrected chi connectivity index (χ3v) is 39.4. The predicted molar refractivity (Wildman–Crippen MR) is 205 cm³/mol. The van der Waals surface area contributed by atoms with Gasteiger partial charge in [-0.1, -0.05) is 0 Å². The molecule has 0 bridgehead atoms. The SMILES string of the molecule is C[Si](C)(C)O[Si](C)(C)O[Si](C)(C)O[Si](C)(C)O[Si](C)(C)O[Si](C)(C)O[Si](C)(C)O[Si](C)(C)O[Si](C)(C)CCCOCC(O)CO. The van der Waals surface area contributed by atoms with Crippen LogP contribution in [-0.2, 0) is 37.7 Å².